The van der Waals surface area contributed by atoms with E-state index in [1.54, 1.807) is 0 Å². The van der Waals surface area contributed by atoms with Crippen LogP contribution in [0.1, 0.15) is 47.5 Å². The molecule has 2 aromatic carbocycles. The van der Waals surface area contributed by atoms with E-state index in [4.69, 9.17) is 9.26 Å². The number of halogens is 2. The summed E-state index contributed by atoms with van der Waals surface area (Å²) in [5, 5.41) is 3.87. The van der Waals surface area contributed by atoms with Gasteiger partial charge in [0, 0.05) is 18.7 Å². The van der Waals surface area contributed by atoms with Crippen molar-refractivity contribution in [3.63, 3.8) is 0 Å². The number of aromatic nitrogens is 1. The Morgan fingerprint density at radius 1 is 1.10 bits per heavy atom. The first-order valence-electron chi connectivity index (χ1n) is 10.5. The lowest BCUT2D eigenvalue weighted by Gasteiger charge is -2.35. The third-order valence-corrected chi connectivity index (χ3v) is 5.55. The van der Waals surface area contributed by atoms with Gasteiger partial charge in [0.05, 0.1) is 0 Å². The van der Waals surface area contributed by atoms with Crippen LogP contribution in [-0.4, -0.2) is 28.6 Å². The van der Waals surface area contributed by atoms with Gasteiger partial charge in [0.15, 0.2) is 28.8 Å². The zero-order valence-electron chi connectivity index (χ0n) is 17.1. The van der Waals surface area contributed by atoms with Gasteiger partial charge in [0.2, 0.25) is 0 Å². The van der Waals surface area contributed by atoms with Gasteiger partial charge < -0.3 is 14.2 Å². The fraction of sp³-hybridized carbons (Fsp3) is 0.333. The molecule has 0 N–H and O–H groups in total. The molecule has 5 nitrogen and oxygen atoms in total. The molecule has 1 saturated heterocycles. The fourth-order valence-electron chi connectivity index (χ4n) is 3.94. The quantitative estimate of drug-likeness (QED) is 0.524. The lowest BCUT2D eigenvalue weighted by Crippen LogP contribution is -2.44. The smallest absolute Gasteiger partial charge is 0.276 e. The van der Waals surface area contributed by atoms with Crippen molar-refractivity contribution >= 4 is 5.91 Å². The number of para-hydroxylation sites is 1. The maximum atomic E-state index is 13.7. The molecule has 31 heavy (non-hydrogen) atoms. The minimum atomic E-state index is -0.801. The largest absolute Gasteiger partial charge is 0.479 e. The molecule has 0 saturated carbocycles. The number of hydrogen-bond acceptors (Lipinski definition) is 4. The van der Waals surface area contributed by atoms with Gasteiger partial charge in [0.25, 0.3) is 5.91 Å². The Kier molecular flexibility index (Phi) is 6.60. The molecule has 3 aromatic rings. The van der Waals surface area contributed by atoms with E-state index < -0.39 is 17.4 Å². The van der Waals surface area contributed by atoms with E-state index in [0.717, 1.165) is 44.2 Å². The predicted octanol–water partition coefficient (Wildman–Crippen LogP) is 5.16. The van der Waals surface area contributed by atoms with E-state index in [1.807, 2.05) is 23.1 Å². The van der Waals surface area contributed by atoms with Crippen LogP contribution in [0.25, 0.3) is 0 Å². The summed E-state index contributed by atoms with van der Waals surface area (Å²) in [7, 11) is 0. The van der Waals surface area contributed by atoms with E-state index in [1.165, 1.54) is 17.7 Å². The highest BCUT2D eigenvalue weighted by Crippen LogP contribution is 2.25. The van der Waals surface area contributed by atoms with Crippen LogP contribution in [0.15, 0.2) is 59.1 Å². The highest BCUT2D eigenvalue weighted by molar-refractivity contribution is 5.92. The van der Waals surface area contributed by atoms with Gasteiger partial charge in [-0.2, -0.15) is 0 Å². The number of nitrogens with zero attached hydrogens (tertiary/aromatic N) is 2. The standard InChI is InChI=1S/C24H24F2N2O3/c25-20-10-6-11-21(26)23(20)30-16-19-15-22(27-31-19)24(29)28-14-5-4-9-18(28)13-12-17-7-2-1-3-8-17/h1-3,6-8,10-11,15,18H,4-5,9,12-14,16H2/t18-/m1/s1. The molecule has 2 heterocycles. The summed E-state index contributed by atoms with van der Waals surface area (Å²) in [6.07, 6.45) is 4.79. The number of benzene rings is 2. The summed E-state index contributed by atoms with van der Waals surface area (Å²) < 4.78 is 37.8. The molecule has 0 spiro atoms. The molecule has 162 valence electrons. The Balaban J connectivity index is 1.39. The Hall–Kier alpha value is -3.22. The molecular weight excluding hydrogens is 402 g/mol. The predicted molar refractivity (Wildman–Crippen MR) is 111 cm³/mol. The summed E-state index contributed by atoms with van der Waals surface area (Å²) in [6, 6.07) is 15.3. The van der Waals surface area contributed by atoms with Crippen LogP contribution in [0.5, 0.6) is 5.75 Å². The van der Waals surface area contributed by atoms with Crippen molar-refractivity contribution in [1.82, 2.24) is 10.1 Å². The lowest BCUT2D eigenvalue weighted by molar-refractivity contribution is 0.0591. The van der Waals surface area contributed by atoms with Gasteiger partial charge in [-0.05, 0) is 49.8 Å². The van der Waals surface area contributed by atoms with Crippen LogP contribution >= 0.6 is 0 Å². The van der Waals surface area contributed by atoms with E-state index in [9.17, 15) is 13.6 Å². The van der Waals surface area contributed by atoms with Crippen molar-refractivity contribution in [2.45, 2.75) is 44.8 Å². The summed E-state index contributed by atoms with van der Waals surface area (Å²) in [5.41, 5.74) is 1.43. The molecule has 1 aliphatic rings. The number of ether oxygens (including phenoxy) is 1. The van der Waals surface area contributed by atoms with Gasteiger partial charge >= 0.3 is 0 Å². The molecule has 0 radical (unpaired) electrons. The molecule has 1 aromatic heterocycles. The average molecular weight is 426 g/mol. The third kappa shape index (κ3) is 5.10. The van der Waals surface area contributed by atoms with Crippen molar-refractivity contribution < 1.29 is 22.8 Å². The van der Waals surface area contributed by atoms with Gasteiger partial charge in [-0.3, -0.25) is 4.79 Å². The molecule has 4 rings (SSSR count). The second-order valence-electron chi connectivity index (χ2n) is 7.69. The van der Waals surface area contributed by atoms with Crippen molar-refractivity contribution in [1.29, 1.82) is 0 Å². The first-order valence-corrected chi connectivity index (χ1v) is 10.5. The van der Waals surface area contributed by atoms with Crippen molar-refractivity contribution in [2.24, 2.45) is 0 Å². The highest BCUT2D eigenvalue weighted by Gasteiger charge is 2.29. The molecule has 1 fully saturated rings. The van der Waals surface area contributed by atoms with Crippen molar-refractivity contribution in [3.8, 4) is 5.75 Å². The van der Waals surface area contributed by atoms with Crippen LogP contribution in [-0.2, 0) is 13.0 Å². The van der Waals surface area contributed by atoms with Gasteiger partial charge in [-0.1, -0.05) is 41.6 Å². The maximum absolute atomic E-state index is 13.7. The zero-order valence-corrected chi connectivity index (χ0v) is 17.1. The summed E-state index contributed by atoms with van der Waals surface area (Å²) in [5.74, 6) is -2.05. The van der Waals surface area contributed by atoms with Crippen molar-refractivity contribution in [2.75, 3.05) is 6.54 Å². The highest BCUT2D eigenvalue weighted by atomic mass is 19.1. The topological polar surface area (TPSA) is 55.6 Å². The van der Waals surface area contributed by atoms with E-state index in [0.29, 0.717) is 6.54 Å². The Morgan fingerprint density at radius 2 is 1.87 bits per heavy atom. The number of carbonyl (C=O) groups is 1. The van der Waals surface area contributed by atoms with Crippen LogP contribution < -0.4 is 4.74 Å². The monoisotopic (exact) mass is 426 g/mol. The fourth-order valence-corrected chi connectivity index (χ4v) is 3.94. The van der Waals surface area contributed by atoms with Crippen LogP contribution in [0, 0.1) is 11.6 Å². The molecule has 0 bridgehead atoms. The van der Waals surface area contributed by atoms with Crippen LogP contribution in [0.4, 0.5) is 8.78 Å². The SMILES string of the molecule is O=C(c1cc(COc2c(F)cccc2F)on1)N1CCCC[C@@H]1CCc1ccccc1. The summed E-state index contributed by atoms with van der Waals surface area (Å²) in [6.45, 7) is 0.451. The second kappa shape index (κ2) is 9.73. The Morgan fingerprint density at radius 3 is 2.65 bits per heavy atom. The third-order valence-electron chi connectivity index (χ3n) is 5.55. The Bertz CT molecular complexity index is 1000. The number of piperidine rings is 1. The van der Waals surface area contributed by atoms with Crippen molar-refractivity contribution in [3.05, 3.63) is 83.2 Å². The number of likely N-dealkylation sites (tertiary alicyclic amines) is 1. The number of hydrogen-bond donors (Lipinski definition) is 0. The first-order chi connectivity index (χ1) is 15.1. The van der Waals surface area contributed by atoms with Gasteiger partial charge in [0.1, 0.15) is 6.61 Å². The minimum Gasteiger partial charge on any atom is -0.479 e. The molecular formula is C24H24F2N2O3. The lowest BCUT2D eigenvalue weighted by atomic mass is 9.95. The number of carbonyl (C=O) groups excluding carboxylic acids is 1. The van der Waals surface area contributed by atoms with E-state index in [2.05, 4.69) is 17.3 Å². The normalized spacial score (nSPS) is 16.3. The first kappa shape index (κ1) is 21.0. The number of amides is 1. The summed E-state index contributed by atoms with van der Waals surface area (Å²) in [4.78, 5) is 14.9. The maximum Gasteiger partial charge on any atom is 0.276 e. The Labute approximate surface area is 179 Å². The molecule has 1 atom stereocenters. The van der Waals surface area contributed by atoms with Gasteiger partial charge in [-0.15, -0.1) is 0 Å². The van der Waals surface area contributed by atoms with E-state index in [-0.39, 0.29) is 30.0 Å². The molecule has 1 aliphatic heterocycles. The summed E-state index contributed by atoms with van der Waals surface area (Å²) >= 11 is 0. The van der Waals surface area contributed by atoms with Gasteiger partial charge in [-0.25, -0.2) is 8.78 Å². The number of rotatable bonds is 7. The second-order valence-corrected chi connectivity index (χ2v) is 7.69. The molecule has 0 unspecified atom stereocenters. The molecule has 7 heteroatoms. The number of aryl methyl sites for hydroxylation is 1. The molecule has 1 amide bonds. The average Bonchev–Trinajstić information content (AvgIpc) is 3.27. The van der Waals surface area contributed by atoms with Crippen LogP contribution in [0.2, 0.25) is 0 Å². The van der Waals surface area contributed by atoms with Crippen LogP contribution in [0.3, 0.4) is 0 Å². The minimum absolute atomic E-state index is 0.144. The van der Waals surface area contributed by atoms with E-state index >= 15 is 0 Å². The zero-order chi connectivity index (χ0) is 21.6. The molecule has 0 aliphatic carbocycles.